The average Bonchev–Trinajstić information content (AvgIpc) is 2.81. The van der Waals surface area contributed by atoms with Gasteiger partial charge in [0.2, 0.25) is 0 Å². The molecule has 1 heterocycles. The Morgan fingerprint density at radius 2 is 1.74 bits per heavy atom. The minimum atomic E-state index is -0.318. The van der Waals surface area contributed by atoms with E-state index in [2.05, 4.69) is 50.2 Å². The van der Waals surface area contributed by atoms with Gasteiger partial charge >= 0.3 is 5.97 Å². The van der Waals surface area contributed by atoms with E-state index in [4.69, 9.17) is 9.72 Å². The Morgan fingerprint density at radius 1 is 0.968 bits per heavy atom. The second-order valence-corrected chi connectivity index (χ2v) is 7.85. The first kappa shape index (κ1) is 20.8. The second kappa shape index (κ2) is 9.13. The molecule has 0 radical (unpaired) electrons. The number of ether oxygens (including phenoxy) is 1. The minimum absolute atomic E-state index is 0.318. The highest BCUT2D eigenvalue weighted by atomic mass is 16.5. The van der Waals surface area contributed by atoms with Crippen molar-refractivity contribution in [3.8, 4) is 22.3 Å². The zero-order valence-electron chi connectivity index (χ0n) is 18.3. The number of carbonyl (C=O) groups is 1. The number of para-hydroxylation sites is 1. The maximum absolute atomic E-state index is 12.3. The van der Waals surface area contributed by atoms with Gasteiger partial charge in [-0.3, -0.25) is 4.98 Å². The molecule has 3 nitrogen and oxygen atoms in total. The van der Waals surface area contributed by atoms with Crippen molar-refractivity contribution in [2.45, 2.75) is 33.1 Å². The van der Waals surface area contributed by atoms with E-state index in [9.17, 15) is 4.79 Å². The van der Waals surface area contributed by atoms with Gasteiger partial charge < -0.3 is 4.74 Å². The van der Waals surface area contributed by atoms with Crippen molar-refractivity contribution in [2.75, 3.05) is 7.11 Å². The van der Waals surface area contributed by atoms with E-state index < -0.39 is 0 Å². The summed E-state index contributed by atoms with van der Waals surface area (Å²) >= 11 is 0. The van der Waals surface area contributed by atoms with Crippen LogP contribution in [0.5, 0.6) is 0 Å². The molecule has 0 unspecified atom stereocenters. The van der Waals surface area contributed by atoms with Crippen LogP contribution < -0.4 is 0 Å². The number of carbonyl (C=O) groups excluding carboxylic acids is 1. The molecule has 0 spiro atoms. The van der Waals surface area contributed by atoms with Crippen LogP contribution in [0.4, 0.5) is 0 Å². The number of fused-ring (bicyclic) bond motifs is 1. The topological polar surface area (TPSA) is 39.2 Å². The Labute approximate surface area is 183 Å². The highest BCUT2D eigenvalue weighted by Gasteiger charge is 2.16. The summed E-state index contributed by atoms with van der Waals surface area (Å²) in [6.45, 7) is 4.31. The van der Waals surface area contributed by atoms with E-state index in [0.717, 1.165) is 41.5 Å². The lowest BCUT2D eigenvalue weighted by atomic mass is 9.89. The van der Waals surface area contributed by atoms with Crippen LogP contribution in [-0.2, 0) is 11.2 Å². The zero-order chi connectivity index (χ0) is 21.8. The van der Waals surface area contributed by atoms with Gasteiger partial charge in [-0.25, -0.2) is 4.79 Å². The van der Waals surface area contributed by atoms with E-state index >= 15 is 0 Å². The van der Waals surface area contributed by atoms with Crippen LogP contribution in [0, 0.1) is 6.92 Å². The maximum atomic E-state index is 12.3. The second-order valence-electron chi connectivity index (χ2n) is 7.85. The fourth-order valence-electron chi connectivity index (χ4n) is 4.21. The number of aryl methyl sites for hydroxylation is 2. The molecule has 0 aliphatic rings. The lowest BCUT2D eigenvalue weighted by Gasteiger charge is -2.16. The number of rotatable bonds is 6. The Bertz CT molecular complexity index is 1240. The van der Waals surface area contributed by atoms with Crippen molar-refractivity contribution in [1.29, 1.82) is 0 Å². The molecule has 3 aromatic carbocycles. The molecule has 0 bridgehead atoms. The first-order valence-electron chi connectivity index (χ1n) is 10.8. The van der Waals surface area contributed by atoms with Crippen molar-refractivity contribution in [3.63, 3.8) is 0 Å². The molecular formula is C28H27NO2. The molecular weight excluding hydrogens is 382 g/mol. The van der Waals surface area contributed by atoms with Crippen molar-refractivity contribution in [2.24, 2.45) is 0 Å². The number of esters is 1. The number of hydrogen-bond acceptors (Lipinski definition) is 3. The summed E-state index contributed by atoms with van der Waals surface area (Å²) in [5.74, 6) is -0.318. The molecule has 156 valence electrons. The monoisotopic (exact) mass is 409 g/mol. The van der Waals surface area contributed by atoms with Gasteiger partial charge in [0, 0.05) is 11.6 Å². The SMILES string of the molecule is CCCCc1cnc2ccccc2c1-c1ccc(-c2ccccc2C(=O)OC)c(C)c1. The summed E-state index contributed by atoms with van der Waals surface area (Å²) in [5, 5.41) is 1.18. The molecule has 3 heteroatoms. The molecule has 0 saturated carbocycles. The summed E-state index contributed by atoms with van der Waals surface area (Å²) in [7, 11) is 1.42. The standard InChI is InChI=1S/C28H27NO2/c1-4-5-10-21-18-29-26-14-9-8-13-25(26)27(21)20-15-16-22(19(2)17-20)23-11-6-7-12-24(23)28(30)31-3/h6-9,11-18H,4-5,10H2,1-3H3. The zero-order valence-corrected chi connectivity index (χ0v) is 18.3. The van der Waals surface area contributed by atoms with Crippen molar-refractivity contribution >= 4 is 16.9 Å². The van der Waals surface area contributed by atoms with Gasteiger partial charge in [0.25, 0.3) is 0 Å². The van der Waals surface area contributed by atoms with E-state index in [1.807, 2.05) is 36.5 Å². The molecule has 0 N–H and O–H groups in total. The van der Waals surface area contributed by atoms with Crippen LogP contribution >= 0.6 is 0 Å². The number of nitrogens with zero attached hydrogens (tertiary/aromatic N) is 1. The minimum Gasteiger partial charge on any atom is -0.465 e. The lowest BCUT2D eigenvalue weighted by molar-refractivity contribution is 0.0601. The predicted molar refractivity (Wildman–Crippen MR) is 127 cm³/mol. The number of aromatic nitrogens is 1. The first-order chi connectivity index (χ1) is 15.1. The van der Waals surface area contributed by atoms with Crippen molar-refractivity contribution in [1.82, 2.24) is 4.98 Å². The quantitative estimate of drug-likeness (QED) is 0.322. The normalized spacial score (nSPS) is 10.9. The van der Waals surface area contributed by atoms with Crippen LogP contribution in [0.3, 0.4) is 0 Å². The Kier molecular flexibility index (Phi) is 6.13. The summed E-state index contributed by atoms with van der Waals surface area (Å²) in [6, 6.07) is 22.4. The largest absolute Gasteiger partial charge is 0.465 e. The van der Waals surface area contributed by atoms with Gasteiger partial charge in [-0.2, -0.15) is 0 Å². The van der Waals surface area contributed by atoms with Gasteiger partial charge in [-0.05, 0) is 65.3 Å². The van der Waals surface area contributed by atoms with Gasteiger partial charge in [-0.1, -0.05) is 67.9 Å². The van der Waals surface area contributed by atoms with Crippen molar-refractivity contribution < 1.29 is 9.53 Å². The molecule has 4 rings (SSSR count). The van der Waals surface area contributed by atoms with Gasteiger partial charge in [0.05, 0.1) is 18.2 Å². The molecule has 31 heavy (non-hydrogen) atoms. The highest BCUT2D eigenvalue weighted by Crippen LogP contribution is 2.36. The fraction of sp³-hybridized carbons (Fsp3) is 0.214. The third kappa shape index (κ3) is 4.09. The molecule has 0 fully saturated rings. The Balaban J connectivity index is 1.87. The van der Waals surface area contributed by atoms with Crippen LogP contribution in [0.25, 0.3) is 33.2 Å². The number of methoxy groups -OCH3 is 1. The van der Waals surface area contributed by atoms with E-state index in [-0.39, 0.29) is 5.97 Å². The molecule has 0 aliphatic heterocycles. The Hall–Kier alpha value is -3.46. The summed E-state index contributed by atoms with van der Waals surface area (Å²) < 4.78 is 4.99. The summed E-state index contributed by atoms with van der Waals surface area (Å²) in [5.41, 5.74) is 8.37. The lowest BCUT2D eigenvalue weighted by Crippen LogP contribution is -2.03. The molecule has 0 saturated heterocycles. The van der Waals surface area contributed by atoms with Crippen LogP contribution in [0.1, 0.15) is 41.3 Å². The number of hydrogen-bond donors (Lipinski definition) is 0. The van der Waals surface area contributed by atoms with Gasteiger partial charge in [-0.15, -0.1) is 0 Å². The first-order valence-corrected chi connectivity index (χ1v) is 10.8. The number of benzene rings is 3. The smallest absolute Gasteiger partial charge is 0.338 e. The number of pyridine rings is 1. The fourth-order valence-corrected chi connectivity index (χ4v) is 4.21. The van der Waals surface area contributed by atoms with Gasteiger partial charge in [0.1, 0.15) is 0 Å². The molecule has 1 aromatic heterocycles. The molecule has 0 amide bonds. The third-order valence-corrected chi connectivity index (χ3v) is 5.79. The van der Waals surface area contributed by atoms with Crippen molar-refractivity contribution in [3.05, 3.63) is 89.6 Å². The van der Waals surface area contributed by atoms with Crippen LogP contribution in [0.2, 0.25) is 0 Å². The summed E-state index contributed by atoms with van der Waals surface area (Å²) in [4.78, 5) is 17.0. The van der Waals surface area contributed by atoms with Gasteiger partial charge in [0.15, 0.2) is 0 Å². The summed E-state index contributed by atoms with van der Waals surface area (Å²) in [6.07, 6.45) is 5.32. The molecule has 4 aromatic rings. The van der Waals surface area contributed by atoms with E-state index in [0.29, 0.717) is 5.56 Å². The highest BCUT2D eigenvalue weighted by molar-refractivity contribution is 5.99. The van der Waals surface area contributed by atoms with E-state index in [1.165, 1.54) is 29.2 Å². The average molecular weight is 410 g/mol. The third-order valence-electron chi connectivity index (χ3n) is 5.79. The number of unbranched alkanes of at least 4 members (excludes halogenated alkanes) is 1. The Morgan fingerprint density at radius 3 is 2.52 bits per heavy atom. The predicted octanol–water partition coefficient (Wildman–Crippen LogP) is 7.01. The van der Waals surface area contributed by atoms with E-state index in [1.54, 1.807) is 0 Å². The molecule has 0 aliphatic carbocycles. The maximum Gasteiger partial charge on any atom is 0.338 e. The van der Waals surface area contributed by atoms with Crippen LogP contribution in [0.15, 0.2) is 72.9 Å². The van der Waals surface area contributed by atoms with Crippen LogP contribution in [-0.4, -0.2) is 18.1 Å². The molecule has 0 atom stereocenters.